The van der Waals surface area contributed by atoms with Crippen molar-refractivity contribution in [2.45, 2.75) is 32.0 Å². The second kappa shape index (κ2) is 4.82. The third-order valence-electron chi connectivity index (χ3n) is 3.46. The predicted molar refractivity (Wildman–Crippen MR) is 70.0 cm³/mol. The van der Waals surface area contributed by atoms with Gasteiger partial charge in [-0.2, -0.15) is 5.10 Å². The SMILES string of the molecule is Nc1n[nH]c2c1CCC(OCc1ccccc1)C2. The van der Waals surface area contributed by atoms with Crippen LogP contribution in [-0.2, 0) is 24.2 Å². The lowest BCUT2D eigenvalue weighted by molar-refractivity contribution is 0.0314. The maximum absolute atomic E-state index is 5.95. The summed E-state index contributed by atoms with van der Waals surface area (Å²) in [6.45, 7) is 0.671. The number of hydrogen-bond acceptors (Lipinski definition) is 3. The van der Waals surface area contributed by atoms with Gasteiger partial charge in [-0.15, -0.1) is 0 Å². The Labute approximate surface area is 106 Å². The molecule has 0 fully saturated rings. The zero-order valence-electron chi connectivity index (χ0n) is 10.2. The van der Waals surface area contributed by atoms with Gasteiger partial charge in [0, 0.05) is 17.7 Å². The quantitative estimate of drug-likeness (QED) is 0.867. The van der Waals surface area contributed by atoms with Gasteiger partial charge in [0.2, 0.25) is 0 Å². The smallest absolute Gasteiger partial charge is 0.148 e. The Kier molecular flexibility index (Phi) is 3.02. The van der Waals surface area contributed by atoms with E-state index in [-0.39, 0.29) is 6.10 Å². The number of nitrogens with one attached hydrogen (secondary N) is 1. The fourth-order valence-corrected chi connectivity index (χ4v) is 2.43. The van der Waals surface area contributed by atoms with Gasteiger partial charge in [-0.05, 0) is 18.4 Å². The van der Waals surface area contributed by atoms with E-state index in [2.05, 4.69) is 22.3 Å². The van der Waals surface area contributed by atoms with Gasteiger partial charge in [0.15, 0.2) is 0 Å². The van der Waals surface area contributed by atoms with E-state index in [0.717, 1.165) is 25.0 Å². The standard InChI is InChI=1S/C14H17N3O/c15-14-12-7-6-11(8-13(12)16-17-14)18-9-10-4-2-1-3-5-10/h1-5,11H,6-9H2,(H3,15,16,17). The summed E-state index contributed by atoms with van der Waals surface area (Å²) in [7, 11) is 0. The molecule has 0 aliphatic heterocycles. The van der Waals surface area contributed by atoms with Crippen molar-refractivity contribution < 1.29 is 4.74 Å². The topological polar surface area (TPSA) is 63.9 Å². The number of H-pyrrole nitrogens is 1. The fraction of sp³-hybridized carbons (Fsp3) is 0.357. The molecule has 1 heterocycles. The summed E-state index contributed by atoms with van der Waals surface area (Å²) in [6, 6.07) is 10.3. The number of hydrogen-bond donors (Lipinski definition) is 2. The van der Waals surface area contributed by atoms with Crippen LogP contribution in [0.25, 0.3) is 0 Å². The van der Waals surface area contributed by atoms with Gasteiger partial charge in [-0.3, -0.25) is 5.10 Å². The van der Waals surface area contributed by atoms with E-state index in [9.17, 15) is 0 Å². The molecule has 1 aromatic carbocycles. The Balaban J connectivity index is 1.60. The largest absolute Gasteiger partial charge is 0.382 e. The second-order valence-corrected chi connectivity index (χ2v) is 4.73. The van der Waals surface area contributed by atoms with Crippen molar-refractivity contribution in [3.05, 3.63) is 47.2 Å². The average molecular weight is 243 g/mol. The average Bonchev–Trinajstić information content (AvgIpc) is 2.79. The van der Waals surface area contributed by atoms with Gasteiger partial charge in [-0.1, -0.05) is 30.3 Å². The molecule has 1 aromatic heterocycles. The molecule has 1 atom stereocenters. The van der Waals surface area contributed by atoms with E-state index in [1.807, 2.05) is 18.2 Å². The third-order valence-corrected chi connectivity index (χ3v) is 3.46. The molecule has 0 bridgehead atoms. The molecule has 94 valence electrons. The zero-order valence-corrected chi connectivity index (χ0v) is 10.2. The molecule has 3 rings (SSSR count). The molecule has 3 N–H and O–H groups in total. The van der Waals surface area contributed by atoms with Gasteiger partial charge < -0.3 is 10.5 Å². The number of nitrogen functional groups attached to an aromatic ring is 1. The van der Waals surface area contributed by atoms with Crippen molar-refractivity contribution in [3.63, 3.8) is 0 Å². The van der Waals surface area contributed by atoms with E-state index < -0.39 is 0 Å². The van der Waals surface area contributed by atoms with E-state index in [0.29, 0.717) is 12.4 Å². The van der Waals surface area contributed by atoms with E-state index in [1.54, 1.807) is 0 Å². The van der Waals surface area contributed by atoms with E-state index >= 15 is 0 Å². The number of nitrogens with two attached hydrogens (primary N) is 1. The lowest BCUT2D eigenvalue weighted by Crippen LogP contribution is -2.22. The number of aromatic nitrogens is 2. The van der Waals surface area contributed by atoms with Gasteiger partial charge in [0.1, 0.15) is 5.82 Å². The molecule has 1 aliphatic carbocycles. The van der Waals surface area contributed by atoms with Crippen LogP contribution in [0.5, 0.6) is 0 Å². The van der Waals surface area contributed by atoms with E-state index in [1.165, 1.54) is 11.1 Å². The monoisotopic (exact) mass is 243 g/mol. The minimum absolute atomic E-state index is 0.262. The van der Waals surface area contributed by atoms with Crippen LogP contribution in [0.4, 0.5) is 5.82 Å². The van der Waals surface area contributed by atoms with Crippen molar-refractivity contribution in [3.8, 4) is 0 Å². The van der Waals surface area contributed by atoms with Crippen LogP contribution < -0.4 is 5.73 Å². The molecular weight excluding hydrogens is 226 g/mol. The van der Waals surface area contributed by atoms with Crippen LogP contribution in [-0.4, -0.2) is 16.3 Å². The Morgan fingerprint density at radius 1 is 1.33 bits per heavy atom. The van der Waals surface area contributed by atoms with Crippen LogP contribution in [0, 0.1) is 0 Å². The highest BCUT2D eigenvalue weighted by molar-refractivity contribution is 5.43. The fourth-order valence-electron chi connectivity index (χ4n) is 2.43. The summed E-state index contributed by atoms with van der Waals surface area (Å²) < 4.78 is 5.95. The first-order chi connectivity index (χ1) is 8.83. The molecule has 0 saturated carbocycles. The van der Waals surface area contributed by atoms with Crippen LogP contribution >= 0.6 is 0 Å². The Bertz CT molecular complexity index is 521. The number of benzene rings is 1. The summed E-state index contributed by atoms with van der Waals surface area (Å²) in [4.78, 5) is 0. The molecule has 0 radical (unpaired) electrons. The van der Waals surface area contributed by atoms with Crippen LogP contribution in [0.1, 0.15) is 23.2 Å². The number of anilines is 1. The highest BCUT2D eigenvalue weighted by Crippen LogP contribution is 2.25. The first kappa shape index (κ1) is 11.3. The third kappa shape index (κ3) is 2.24. The Morgan fingerprint density at radius 3 is 3.00 bits per heavy atom. The summed E-state index contributed by atoms with van der Waals surface area (Å²) in [5.41, 5.74) is 9.32. The highest BCUT2D eigenvalue weighted by atomic mass is 16.5. The maximum Gasteiger partial charge on any atom is 0.148 e. The number of ether oxygens (including phenoxy) is 1. The Hall–Kier alpha value is -1.81. The molecule has 4 heteroatoms. The molecule has 2 aromatic rings. The number of aromatic amines is 1. The maximum atomic E-state index is 5.95. The summed E-state index contributed by atoms with van der Waals surface area (Å²) >= 11 is 0. The lowest BCUT2D eigenvalue weighted by Gasteiger charge is -2.22. The number of fused-ring (bicyclic) bond motifs is 1. The predicted octanol–water partition coefficient (Wildman–Crippen LogP) is 2.07. The van der Waals surface area contributed by atoms with Gasteiger partial charge in [-0.25, -0.2) is 0 Å². The number of rotatable bonds is 3. The van der Waals surface area contributed by atoms with E-state index in [4.69, 9.17) is 10.5 Å². The van der Waals surface area contributed by atoms with Crippen LogP contribution in [0.15, 0.2) is 30.3 Å². The van der Waals surface area contributed by atoms with Crippen LogP contribution in [0.2, 0.25) is 0 Å². The molecule has 0 spiro atoms. The molecular formula is C14H17N3O. The van der Waals surface area contributed by atoms with Crippen molar-refractivity contribution in [1.29, 1.82) is 0 Å². The zero-order chi connectivity index (χ0) is 12.4. The first-order valence-electron chi connectivity index (χ1n) is 6.30. The normalized spacial score (nSPS) is 18.6. The molecule has 1 aliphatic rings. The minimum Gasteiger partial charge on any atom is -0.382 e. The van der Waals surface area contributed by atoms with Gasteiger partial charge >= 0.3 is 0 Å². The summed E-state index contributed by atoms with van der Waals surface area (Å²) in [5, 5.41) is 7.05. The van der Waals surface area contributed by atoms with Gasteiger partial charge in [0.25, 0.3) is 0 Å². The molecule has 0 saturated heterocycles. The van der Waals surface area contributed by atoms with Crippen molar-refractivity contribution >= 4 is 5.82 Å². The lowest BCUT2D eigenvalue weighted by atomic mass is 9.95. The van der Waals surface area contributed by atoms with Crippen molar-refractivity contribution in [2.24, 2.45) is 0 Å². The first-order valence-corrected chi connectivity index (χ1v) is 6.30. The van der Waals surface area contributed by atoms with Crippen molar-refractivity contribution in [1.82, 2.24) is 10.2 Å². The second-order valence-electron chi connectivity index (χ2n) is 4.73. The minimum atomic E-state index is 0.262. The Morgan fingerprint density at radius 2 is 2.17 bits per heavy atom. The van der Waals surface area contributed by atoms with Crippen molar-refractivity contribution in [2.75, 3.05) is 5.73 Å². The summed E-state index contributed by atoms with van der Waals surface area (Å²) in [6.07, 6.45) is 3.12. The van der Waals surface area contributed by atoms with Gasteiger partial charge in [0.05, 0.1) is 12.7 Å². The molecule has 4 nitrogen and oxygen atoms in total. The highest BCUT2D eigenvalue weighted by Gasteiger charge is 2.22. The molecule has 0 amide bonds. The summed E-state index contributed by atoms with van der Waals surface area (Å²) in [5.74, 6) is 0.645. The molecule has 1 unspecified atom stereocenters. The number of nitrogens with zero attached hydrogens (tertiary/aromatic N) is 1. The van der Waals surface area contributed by atoms with Crippen LogP contribution in [0.3, 0.4) is 0 Å². The molecule has 18 heavy (non-hydrogen) atoms.